The molecule has 5 heteroatoms. The van der Waals surface area contributed by atoms with Gasteiger partial charge in [-0.1, -0.05) is 12.1 Å². The number of hydrogen-bond donors (Lipinski definition) is 1. The monoisotopic (exact) mass is 313 g/mol. The molecule has 1 saturated carbocycles. The lowest BCUT2D eigenvalue weighted by molar-refractivity contribution is -0.120. The molecule has 1 aromatic carbocycles. The van der Waals surface area contributed by atoms with Gasteiger partial charge in [-0.3, -0.25) is 4.79 Å². The summed E-state index contributed by atoms with van der Waals surface area (Å²) in [5.41, 5.74) is 2.00. The number of nitrogens with zero attached hydrogens (tertiary/aromatic N) is 2. The summed E-state index contributed by atoms with van der Waals surface area (Å²) in [5, 5.41) is 7.12. The first-order valence-electron chi connectivity index (χ1n) is 8.24. The van der Waals surface area contributed by atoms with E-state index in [0.717, 1.165) is 36.8 Å². The predicted molar refractivity (Wildman–Crippen MR) is 88.4 cm³/mol. The van der Waals surface area contributed by atoms with Crippen LogP contribution in [0.5, 0.6) is 0 Å². The molecule has 1 aliphatic carbocycles. The van der Waals surface area contributed by atoms with Gasteiger partial charge in [0, 0.05) is 32.2 Å². The summed E-state index contributed by atoms with van der Waals surface area (Å²) in [6.45, 7) is 2.29. The van der Waals surface area contributed by atoms with Crippen LogP contribution < -0.4 is 5.32 Å². The smallest absolute Gasteiger partial charge is 0.224 e. The van der Waals surface area contributed by atoms with E-state index in [2.05, 4.69) is 10.4 Å². The molecule has 0 radical (unpaired) electrons. The number of ether oxygens (including phenoxy) is 1. The number of rotatable bonds is 9. The number of amides is 1. The molecule has 0 atom stereocenters. The van der Waals surface area contributed by atoms with E-state index >= 15 is 0 Å². The minimum absolute atomic E-state index is 0.0547. The fourth-order valence-corrected chi connectivity index (χ4v) is 2.37. The van der Waals surface area contributed by atoms with Crippen LogP contribution in [-0.2, 0) is 16.0 Å². The molecule has 1 heterocycles. The average Bonchev–Trinajstić information content (AvgIpc) is 3.22. The van der Waals surface area contributed by atoms with E-state index in [1.165, 1.54) is 12.8 Å². The summed E-state index contributed by atoms with van der Waals surface area (Å²) in [7, 11) is 0. The second-order valence-corrected chi connectivity index (χ2v) is 6.02. The quantitative estimate of drug-likeness (QED) is 0.723. The standard InChI is InChI=1S/C18H23N3O2/c22-18(19-9-2-12-23-14-16-3-4-16)13-15-5-7-17(8-6-15)21-11-1-10-20-21/h1,5-8,10-11,16H,2-4,9,12-14H2,(H,19,22). The summed E-state index contributed by atoms with van der Waals surface area (Å²) in [5.74, 6) is 0.855. The van der Waals surface area contributed by atoms with E-state index in [0.29, 0.717) is 13.0 Å². The second kappa shape index (κ2) is 7.92. The highest BCUT2D eigenvalue weighted by atomic mass is 16.5. The Morgan fingerprint density at radius 2 is 2.13 bits per heavy atom. The van der Waals surface area contributed by atoms with Crippen molar-refractivity contribution < 1.29 is 9.53 Å². The normalized spacial score (nSPS) is 13.9. The van der Waals surface area contributed by atoms with Crippen LogP contribution in [0.3, 0.4) is 0 Å². The van der Waals surface area contributed by atoms with Gasteiger partial charge >= 0.3 is 0 Å². The number of aromatic nitrogens is 2. The van der Waals surface area contributed by atoms with Crippen molar-refractivity contribution in [2.24, 2.45) is 5.92 Å². The summed E-state index contributed by atoms with van der Waals surface area (Å²) in [6, 6.07) is 9.77. The molecule has 0 saturated heterocycles. The Kier molecular flexibility index (Phi) is 5.42. The van der Waals surface area contributed by atoms with E-state index in [-0.39, 0.29) is 5.91 Å². The maximum Gasteiger partial charge on any atom is 0.224 e. The fourth-order valence-electron chi connectivity index (χ4n) is 2.37. The van der Waals surface area contributed by atoms with Gasteiger partial charge < -0.3 is 10.1 Å². The lowest BCUT2D eigenvalue weighted by atomic mass is 10.1. The highest BCUT2D eigenvalue weighted by molar-refractivity contribution is 5.78. The van der Waals surface area contributed by atoms with E-state index < -0.39 is 0 Å². The molecule has 1 aromatic heterocycles. The number of carbonyl (C=O) groups excluding carboxylic acids is 1. The van der Waals surface area contributed by atoms with Gasteiger partial charge in [-0.05, 0) is 48.9 Å². The van der Waals surface area contributed by atoms with E-state index in [1.807, 2.05) is 36.5 Å². The SMILES string of the molecule is O=C(Cc1ccc(-n2cccn2)cc1)NCCCOCC1CC1. The first-order chi connectivity index (χ1) is 11.3. The second-order valence-electron chi connectivity index (χ2n) is 6.02. The average molecular weight is 313 g/mol. The first kappa shape index (κ1) is 15.7. The van der Waals surface area contributed by atoms with Crippen LogP contribution in [0.2, 0.25) is 0 Å². The maximum absolute atomic E-state index is 11.9. The molecule has 2 aromatic rings. The third-order valence-electron chi connectivity index (χ3n) is 3.91. The maximum atomic E-state index is 11.9. The van der Waals surface area contributed by atoms with Crippen LogP contribution >= 0.6 is 0 Å². The van der Waals surface area contributed by atoms with E-state index in [9.17, 15) is 4.79 Å². The molecule has 0 aliphatic heterocycles. The molecule has 0 bridgehead atoms. The fraction of sp³-hybridized carbons (Fsp3) is 0.444. The van der Waals surface area contributed by atoms with Crippen LogP contribution in [-0.4, -0.2) is 35.4 Å². The number of nitrogens with one attached hydrogen (secondary N) is 1. The zero-order valence-electron chi connectivity index (χ0n) is 13.3. The zero-order valence-corrected chi connectivity index (χ0v) is 13.3. The minimum atomic E-state index is 0.0547. The molecular weight excluding hydrogens is 290 g/mol. The van der Waals surface area contributed by atoms with Gasteiger partial charge in [0.2, 0.25) is 5.91 Å². The molecule has 1 amide bonds. The van der Waals surface area contributed by atoms with Gasteiger partial charge in [-0.15, -0.1) is 0 Å². The first-order valence-corrected chi connectivity index (χ1v) is 8.24. The third-order valence-corrected chi connectivity index (χ3v) is 3.91. The highest BCUT2D eigenvalue weighted by Gasteiger charge is 2.20. The molecule has 0 unspecified atom stereocenters. The molecule has 0 spiro atoms. The van der Waals surface area contributed by atoms with Crippen molar-refractivity contribution in [2.75, 3.05) is 19.8 Å². The van der Waals surface area contributed by atoms with Gasteiger partial charge in [-0.2, -0.15) is 5.10 Å². The van der Waals surface area contributed by atoms with Crippen molar-refractivity contribution in [1.29, 1.82) is 0 Å². The minimum Gasteiger partial charge on any atom is -0.381 e. The topological polar surface area (TPSA) is 56.2 Å². The van der Waals surface area contributed by atoms with Crippen molar-refractivity contribution >= 4 is 5.91 Å². The summed E-state index contributed by atoms with van der Waals surface area (Å²) < 4.78 is 7.34. The Bertz CT molecular complexity index is 604. The van der Waals surface area contributed by atoms with Gasteiger partial charge in [0.25, 0.3) is 0 Å². The lowest BCUT2D eigenvalue weighted by Crippen LogP contribution is -2.26. The van der Waals surface area contributed by atoms with Gasteiger partial charge in [0.05, 0.1) is 12.1 Å². The van der Waals surface area contributed by atoms with Crippen molar-refractivity contribution in [2.45, 2.75) is 25.7 Å². The van der Waals surface area contributed by atoms with Crippen molar-refractivity contribution in [3.8, 4) is 5.69 Å². The van der Waals surface area contributed by atoms with E-state index in [4.69, 9.17) is 4.74 Å². The number of benzene rings is 1. The lowest BCUT2D eigenvalue weighted by Gasteiger charge is -2.07. The Morgan fingerprint density at radius 3 is 2.83 bits per heavy atom. The van der Waals surface area contributed by atoms with Crippen LogP contribution in [0, 0.1) is 5.92 Å². The Labute approximate surface area is 136 Å². The van der Waals surface area contributed by atoms with Crippen LogP contribution in [0.25, 0.3) is 5.69 Å². The van der Waals surface area contributed by atoms with Gasteiger partial charge in [0.1, 0.15) is 0 Å². The van der Waals surface area contributed by atoms with Crippen LogP contribution in [0.1, 0.15) is 24.8 Å². The number of carbonyl (C=O) groups is 1. The van der Waals surface area contributed by atoms with Crippen molar-refractivity contribution in [1.82, 2.24) is 15.1 Å². The van der Waals surface area contributed by atoms with Crippen molar-refractivity contribution in [3.63, 3.8) is 0 Å². The third kappa shape index (κ3) is 5.21. The zero-order chi connectivity index (χ0) is 15.9. The molecular formula is C18H23N3O2. The van der Waals surface area contributed by atoms with Crippen LogP contribution in [0.15, 0.2) is 42.7 Å². The Hall–Kier alpha value is -2.14. The van der Waals surface area contributed by atoms with Gasteiger partial charge in [0.15, 0.2) is 0 Å². The Balaban J connectivity index is 1.34. The summed E-state index contributed by atoms with van der Waals surface area (Å²) in [4.78, 5) is 11.9. The summed E-state index contributed by atoms with van der Waals surface area (Å²) in [6.07, 6.45) is 7.55. The molecule has 1 N–H and O–H groups in total. The van der Waals surface area contributed by atoms with Crippen LogP contribution in [0.4, 0.5) is 0 Å². The molecule has 3 rings (SSSR count). The Morgan fingerprint density at radius 1 is 1.30 bits per heavy atom. The predicted octanol–water partition coefficient (Wildman–Crippen LogP) is 2.35. The number of hydrogen-bond acceptors (Lipinski definition) is 3. The summed E-state index contributed by atoms with van der Waals surface area (Å²) >= 11 is 0. The molecule has 1 fully saturated rings. The molecule has 23 heavy (non-hydrogen) atoms. The molecule has 5 nitrogen and oxygen atoms in total. The largest absolute Gasteiger partial charge is 0.381 e. The van der Waals surface area contributed by atoms with Gasteiger partial charge in [-0.25, -0.2) is 4.68 Å². The highest BCUT2D eigenvalue weighted by Crippen LogP contribution is 2.28. The molecule has 122 valence electrons. The van der Waals surface area contributed by atoms with Crippen molar-refractivity contribution in [3.05, 3.63) is 48.3 Å². The molecule has 1 aliphatic rings. The van der Waals surface area contributed by atoms with E-state index in [1.54, 1.807) is 10.9 Å².